The van der Waals surface area contributed by atoms with E-state index in [1.54, 1.807) is 48.0 Å². The summed E-state index contributed by atoms with van der Waals surface area (Å²) in [5.74, 6) is 1.08. The molecular formula is C24H30N2O3S. The number of hydrogen-bond donors (Lipinski definition) is 1. The first kappa shape index (κ1) is 22.2. The number of carbonyl (C=O) groups is 2. The number of ether oxygens (including phenoxy) is 1. The Morgan fingerprint density at radius 1 is 1.07 bits per heavy atom. The molecule has 2 atom stereocenters. The topological polar surface area (TPSA) is 58.6 Å². The molecule has 2 amide bonds. The first-order valence-electron chi connectivity index (χ1n) is 10.6. The van der Waals surface area contributed by atoms with Crippen LogP contribution in [0.15, 0.2) is 54.6 Å². The number of thioether (sulfide) groups is 1. The average molecular weight is 427 g/mol. The maximum absolute atomic E-state index is 13.5. The zero-order chi connectivity index (χ0) is 21.3. The van der Waals surface area contributed by atoms with E-state index >= 15 is 0 Å². The summed E-state index contributed by atoms with van der Waals surface area (Å²) in [6.07, 6.45) is 4.41. The minimum Gasteiger partial charge on any atom is -0.497 e. The third kappa shape index (κ3) is 5.36. The molecule has 3 rings (SSSR count). The molecule has 1 N–H and O–H groups in total. The first-order chi connectivity index (χ1) is 14.7. The van der Waals surface area contributed by atoms with E-state index in [1.165, 1.54) is 6.42 Å². The van der Waals surface area contributed by atoms with Crippen LogP contribution < -0.4 is 10.1 Å². The van der Waals surface area contributed by atoms with Crippen LogP contribution in [0.3, 0.4) is 0 Å². The van der Waals surface area contributed by atoms with E-state index in [0.29, 0.717) is 23.6 Å². The number of nitrogens with zero attached hydrogens (tertiary/aromatic N) is 1. The Morgan fingerprint density at radius 3 is 2.47 bits per heavy atom. The van der Waals surface area contributed by atoms with Crippen molar-refractivity contribution in [2.45, 2.75) is 44.0 Å². The standard InChI is InChI=1S/C24H30N2O3S/c1-3-4-5-9-16-25-22(27)21-17-30-24(19-10-7-6-8-11-19)26(21)23(28)18-12-14-20(29-2)15-13-18/h6-8,10-15,21,24H,3-5,9,16-17H2,1-2H3,(H,25,27). The van der Waals surface area contributed by atoms with Gasteiger partial charge in [-0.25, -0.2) is 0 Å². The van der Waals surface area contributed by atoms with E-state index in [4.69, 9.17) is 4.74 Å². The summed E-state index contributed by atoms with van der Waals surface area (Å²) in [6, 6.07) is 16.5. The summed E-state index contributed by atoms with van der Waals surface area (Å²) < 4.78 is 5.20. The van der Waals surface area contributed by atoms with Crippen LogP contribution in [-0.4, -0.2) is 42.2 Å². The molecule has 30 heavy (non-hydrogen) atoms. The predicted molar refractivity (Wildman–Crippen MR) is 122 cm³/mol. The highest BCUT2D eigenvalue weighted by molar-refractivity contribution is 7.99. The Bertz CT molecular complexity index is 826. The van der Waals surface area contributed by atoms with Crippen LogP contribution in [0.4, 0.5) is 0 Å². The molecule has 2 aromatic carbocycles. The van der Waals surface area contributed by atoms with Gasteiger partial charge in [-0.15, -0.1) is 11.8 Å². The maximum Gasteiger partial charge on any atom is 0.255 e. The van der Waals surface area contributed by atoms with Crippen LogP contribution in [-0.2, 0) is 4.79 Å². The van der Waals surface area contributed by atoms with Gasteiger partial charge in [0.2, 0.25) is 5.91 Å². The largest absolute Gasteiger partial charge is 0.497 e. The second kappa shape index (κ2) is 11.1. The molecule has 5 nitrogen and oxygen atoms in total. The number of amides is 2. The molecule has 1 heterocycles. The molecule has 0 aliphatic carbocycles. The first-order valence-corrected chi connectivity index (χ1v) is 11.6. The van der Waals surface area contributed by atoms with Crippen LogP contribution >= 0.6 is 11.8 Å². The predicted octanol–water partition coefficient (Wildman–Crippen LogP) is 4.65. The van der Waals surface area contributed by atoms with Gasteiger partial charge in [0.05, 0.1) is 7.11 Å². The Morgan fingerprint density at radius 2 is 1.80 bits per heavy atom. The summed E-state index contributed by atoms with van der Waals surface area (Å²) in [6.45, 7) is 2.82. The summed E-state index contributed by atoms with van der Waals surface area (Å²) in [7, 11) is 1.60. The van der Waals surface area contributed by atoms with Gasteiger partial charge in [0.15, 0.2) is 0 Å². The van der Waals surface area contributed by atoms with Crippen LogP contribution in [0.2, 0.25) is 0 Å². The molecule has 0 aromatic heterocycles. The van der Waals surface area contributed by atoms with Crippen molar-refractivity contribution in [2.75, 3.05) is 19.4 Å². The van der Waals surface area contributed by atoms with E-state index in [1.807, 2.05) is 30.3 Å². The number of nitrogens with one attached hydrogen (secondary N) is 1. The zero-order valence-electron chi connectivity index (χ0n) is 17.7. The average Bonchev–Trinajstić information content (AvgIpc) is 3.24. The number of carbonyl (C=O) groups excluding carboxylic acids is 2. The van der Waals surface area contributed by atoms with Crippen molar-refractivity contribution in [1.29, 1.82) is 0 Å². The summed E-state index contributed by atoms with van der Waals surface area (Å²) in [4.78, 5) is 28.2. The number of rotatable bonds is 9. The van der Waals surface area contributed by atoms with Gasteiger partial charge in [0.25, 0.3) is 5.91 Å². The fourth-order valence-electron chi connectivity index (χ4n) is 3.59. The molecule has 0 saturated carbocycles. The fourth-order valence-corrected chi connectivity index (χ4v) is 5.02. The lowest BCUT2D eigenvalue weighted by atomic mass is 10.1. The molecule has 0 spiro atoms. The molecule has 2 aromatic rings. The molecule has 1 fully saturated rings. The molecule has 1 aliphatic rings. The van der Waals surface area contributed by atoms with E-state index in [2.05, 4.69) is 12.2 Å². The molecule has 1 aliphatic heterocycles. The minimum atomic E-state index is -0.485. The van der Waals surface area contributed by atoms with Gasteiger partial charge in [-0.3, -0.25) is 9.59 Å². The Kier molecular flexibility index (Phi) is 8.20. The fraction of sp³-hybridized carbons (Fsp3) is 0.417. The number of methoxy groups -OCH3 is 1. The van der Waals surface area contributed by atoms with E-state index in [-0.39, 0.29) is 17.2 Å². The van der Waals surface area contributed by atoms with Crippen LogP contribution in [0.25, 0.3) is 0 Å². The molecule has 2 unspecified atom stereocenters. The van der Waals surface area contributed by atoms with Crippen LogP contribution in [0.5, 0.6) is 5.75 Å². The van der Waals surface area contributed by atoms with E-state index in [9.17, 15) is 9.59 Å². The Labute approximate surface area is 183 Å². The van der Waals surface area contributed by atoms with Gasteiger partial charge in [-0.1, -0.05) is 56.5 Å². The van der Waals surface area contributed by atoms with Crippen molar-refractivity contribution in [2.24, 2.45) is 0 Å². The highest BCUT2D eigenvalue weighted by atomic mass is 32.2. The lowest BCUT2D eigenvalue weighted by Gasteiger charge is -2.29. The number of hydrogen-bond acceptors (Lipinski definition) is 4. The lowest BCUT2D eigenvalue weighted by Crippen LogP contribution is -2.48. The summed E-state index contributed by atoms with van der Waals surface area (Å²) in [5.41, 5.74) is 1.59. The van der Waals surface area contributed by atoms with Gasteiger partial charge < -0.3 is 15.0 Å². The molecule has 0 radical (unpaired) electrons. The third-order valence-electron chi connectivity index (χ3n) is 5.29. The van der Waals surface area contributed by atoms with Crippen molar-refractivity contribution in [3.8, 4) is 5.75 Å². The van der Waals surface area contributed by atoms with E-state index in [0.717, 1.165) is 24.8 Å². The monoisotopic (exact) mass is 426 g/mol. The summed E-state index contributed by atoms with van der Waals surface area (Å²) >= 11 is 1.64. The minimum absolute atomic E-state index is 0.0701. The van der Waals surface area contributed by atoms with Crippen molar-refractivity contribution in [3.05, 3.63) is 65.7 Å². The Balaban J connectivity index is 1.79. The molecule has 1 saturated heterocycles. The molecule has 0 bridgehead atoms. The lowest BCUT2D eigenvalue weighted by molar-refractivity contribution is -0.124. The van der Waals surface area contributed by atoms with Crippen LogP contribution in [0, 0.1) is 0 Å². The van der Waals surface area contributed by atoms with Gasteiger partial charge in [-0.2, -0.15) is 0 Å². The van der Waals surface area contributed by atoms with Crippen molar-refractivity contribution < 1.29 is 14.3 Å². The van der Waals surface area contributed by atoms with Crippen molar-refractivity contribution >= 4 is 23.6 Å². The SMILES string of the molecule is CCCCCCNC(=O)C1CSC(c2ccccc2)N1C(=O)c1ccc(OC)cc1. The Hall–Kier alpha value is -2.47. The second-order valence-corrected chi connectivity index (χ2v) is 8.52. The van der Waals surface area contributed by atoms with Gasteiger partial charge in [0, 0.05) is 17.9 Å². The molecule has 6 heteroatoms. The number of unbranched alkanes of at least 4 members (excludes halogenated alkanes) is 3. The zero-order valence-corrected chi connectivity index (χ0v) is 18.5. The molecular weight excluding hydrogens is 396 g/mol. The van der Waals surface area contributed by atoms with Crippen molar-refractivity contribution in [1.82, 2.24) is 10.2 Å². The van der Waals surface area contributed by atoms with Gasteiger partial charge in [0.1, 0.15) is 17.2 Å². The van der Waals surface area contributed by atoms with Gasteiger partial charge >= 0.3 is 0 Å². The molecule has 160 valence electrons. The normalized spacial score (nSPS) is 18.3. The van der Waals surface area contributed by atoms with Crippen molar-refractivity contribution in [3.63, 3.8) is 0 Å². The highest BCUT2D eigenvalue weighted by Crippen LogP contribution is 2.42. The number of benzene rings is 2. The maximum atomic E-state index is 13.5. The third-order valence-corrected chi connectivity index (χ3v) is 6.61. The van der Waals surface area contributed by atoms with Crippen LogP contribution in [0.1, 0.15) is 53.9 Å². The smallest absolute Gasteiger partial charge is 0.255 e. The summed E-state index contributed by atoms with van der Waals surface area (Å²) in [5, 5.41) is 2.86. The quantitative estimate of drug-likeness (QED) is 0.593. The highest BCUT2D eigenvalue weighted by Gasteiger charge is 2.42. The second-order valence-electron chi connectivity index (χ2n) is 7.40. The van der Waals surface area contributed by atoms with Gasteiger partial charge in [-0.05, 0) is 36.2 Å². The van der Waals surface area contributed by atoms with E-state index < -0.39 is 6.04 Å².